The molecule has 6 heteroatoms. The molecule has 0 fully saturated rings. The van der Waals surface area contributed by atoms with Crippen molar-refractivity contribution < 1.29 is 4.79 Å². The molecular formula is C15H18ClN3OS. The smallest absolute Gasteiger partial charge is 0.237 e. The zero-order chi connectivity index (χ0) is 15.6. The Bertz CT molecular complexity index is 637. The summed E-state index contributed by atoms with van der Waals surface area (Å²) in [6, 6.07) is 6.94. The van der Waals surface area contributed by atoms with Crippen LogP contribution in [0.3, 0.4) is 0 Å². The largest absolute Gasteiger partial charge is 0.347 e. The van der Waals surface area contributed by atoms with Crippen molar-refractivity contribution in [3.8, 4) is 10.6 Å². The second-order valence-electron chi connectivity index (χ2n) is 4.99. The monoisotopic (exact) mass is 323 g/mol. The standard InChI is InChI=1S/C15H18ClN3OS/c1-8(17)14(20)18-9(2)13-10(3)19-15(21-13)11-4-6-12(16)7-5-11/h4-9H,17H2,1-3H3,(H,18,20)/t8-,9?/m1/s1. The van der Waals surface area contributed by atoms with Gasteiger partial charge in [-0.2, -0.15) is 0 Å². The topological polar surface area (TPSA) is 68.0 Å². The van der Waals surface area contributed by atoms with Crippen LogP contribution < -0.4 is 11.1 Å². The average Bonchev–Trinajstić information content (AvgIpc) is 2.81. The van der Waals surface area contributed by atoms with Gasteiger partial charge in [0.2, 0.25) is 5.91 Å². The number of nitrogens with one attached hydrogen (secondary N) is 1. The number of benzene rings is 1. The van der Waals surface area contributed by atoms with Crippen LogP contribution in [0, 0.1) is 6.92 Å². The van der Waals surface area contributed by atoms with E-state index in [0.717, 1.165) is 21.1 Å². The van der Waals surface area contributed by atoms with Gasteiger partial charge in [0, 0.05) is 10.6 Å². The molecule has 1 heterocycles. The van der Waals surface area contributed by atoms with Crippen LogP contribution in [0.1, 0.15) is 30.5 Å². The number of nitrogens with zero attached hydrogens (tertiary/aromatic N) is 1. The molecule has 0 saturated heterocycles. The molecule has 0 bridgehead atoms. The first kappa shape index (κ1) is 15.9. The van der Waals surface area contributed by atoms with Crippen molar-refractivity contribution >= 4 is 28.8 Å². The number of aryl methyl sites for hydroxylation is 1. The molecule has 0 aliphatic heterocycles. The molecule has 0 aliphatic carbocycles. The highest BCUT2D eigenvalue weighted by Gasteiger charge is 2.18. The third kappa shape index (κ3) is 3.81. The van der Waals surface area contributed by atoms with E-state index in [9.17, 15) is 4.79 Å². The first-order chi connectivity index (χ1) is 9.88. The predicted molar refractivity (Wildman–Crippen MR) is 87.5 cm³/mol. The molecule has 0 radical (unpaired) electrons. The number of carbonyl (C=O) groups is 1. The maximum absolute atomic E-state index is 11.7. The normalized spacial score (nSPS) is 13.8. The van der Waals surface area contributed by atoms with Crippen LogP contribution in [0.15, 0.2) is 24.3 Å². The van der Waals surface area contributed by atoms with E-state index in [1.807, 2.05) is 38.1 Å². The number of amides is 1. The fraction of sp³-hybridized carbons (Fsp3) is 0.333. The Morgan fingerprint density at radius 1 is 1.33 bits per heavy atom. The maximum Gasteiger partial charge on any atom is 0.237 e. The van der Waals surface area contributed by atoms with Gasteiger partial charge < -0.3 is 11.1 Å². The molecule has 2 rings (SSSR count). The van der Waals surface area contributed by atoms with E-state index >= 15 is 0 Å². The Balaban J connectivity index is 2.22. The van der Waals surface area contributed by atoms with Crippen molar-refractivity contribution in [2.24, 2.45) is 5.73 Å². The fourth-order valence-electron chi connectivity index (χ4n) is 1.94. The first-order valence-corrected chi connectivity index (χ1v) is 7.87. The van der Waals surface area contributed by atoms with Gasteiger partial charge in [0.05, 0.1) is 22.7 Å². The molecule has 4 nitrogen and oxygen atoms in total. The summed E-state index contributed by atoms with van der Waals surface area (Å²) in [6.07, 6.45) is 0. The lowest BCUT2D eigenvalue weighted by molar-refractivity contribution is -0.122. The second kappa shape index (κ2) is 6.56. The van der Waals surface area contributed by atoms with Crippen LogP contribution >= 0.6 is 22.9 Å². The fourth-order valence-corrected chi connectivity index (χ4v) is 3.14. The third-order valence-corrected chi connectivity index (χ3v) is 4.73. The maximum atomic E-state index is 11.7. The molecule has 0 saturated carbocycles. The van der Waals surface area contributed by atoms with Gasteiger partial charge in [0.1, 0.15) is 5.01 Å². The Labute approximate surface area is 133 Å². The Kier molecular flexibility index (Phi) is 4.98. The summed E-state index contributed by atoms with van der Waals surface area (Å²) in [5.41, 5.74) is 7.51. The molecule has 21 heavy (non-hydrogen) atoms. The van der Waals surface area contributed by atoms with E-state index < -0.39 is 6.04 Å². The number of hydrogen-bond donors (Lipinski definition) is 2. The first-order valence-electron chi connectivity index (χ1n) is 6.67. The van der Waals surface area contributed by atoms with Gasteiger partial charge >= 0.3 is 0 Å². The molecule has 0 aliphatic rings. The Morgan fingerprint density at radius 3 is 2.52 bits per heavy atom. The van der Waals surface area contributed by atoms with E-state index in [4.69, 9.17) is 17.3 Å². The number of thiazole rings is 1. The summed E-state index contributed by atoms with van der Waals surface area (Å²) < 4.78 is 0. The highest BCUT2D eigenvalue weighted by molar-refractivity contribution is 7.15. The van der Waals surface area contributed by atoms with E-state index in [0.29, 0.717) is 5.02 Å². The summed E-state index contributed by atoms with van der Waals surface area (Å²) in [4.78, 5) is 17.3. The molecule has 2 atom stereocenters. The van der Waals surface area contributed by atoms with Crippen LogP contribution in [0.25, 0.3) is 10.6 Å². The Hall–Kier alpha value is -1.43. The van der Waals surface area contributed by atoms with Crippen molar-refractivity contribution in [1.82, 2.24) is 10.3 Å². The highest BCUT2D eigenvalue weighted by atomic mass is 35.5. The van der Waals surface area contributed by atoms with Crippen molar-refractivity contribution in [2.75, 3.05) is 0 Å². The van der Waals surface area contributed by atoms with Gasteiger partial charge in [-0.25, -0.2) is 4.98 Å². The molecule has 1 aromatic carbocycles. The van der Waals surface area contributed by atoms with Crippen LogP contribution in [0.2, 0.25) is 5.02 Å². The van der Waals surface area contributed by atoms with Crippen LogP contribution in [0.5, 0.6) is 0 Å². The zero-order valence-corrected chi connectivity index (χ0v) is 13.8. The van der Waals surface area contributed by atoms with Gasteiger partial charge in [-0.3, -0.25) is 4.79 Å². The number of halogens is 1. The lowest BCUT2D eigenvalue weighted by atomic mass is 10.2. The Morgan fingerprint density at radius 2 is 1.95 bits per heavy atom. The molecule has 1 amide bonds. The van der Waals surface area contributed by atoms with Crippen LogP contribution in [-0.4, -0.2) is 16.9 Å². The van der Waals surface area contributed by atoms with Crippen molar-refractivity contribution in [3.63, 3.8) is 0 Å². The van der Waals surface area contributed by atoms with Gasteiger partial charge in [-0.15, -0.1) is 11.3 Å². The van der Waals surface area contributed by atoms with Gasteiger partial charge in [0.25, 0.3) is 0 Å². The second-order valence-corrected chi connectivity index (χ2v) is 6.46. The third-order valence-electron chi connectivity index (χ3n) is 3.09. The van der Waals surface area contributed by atoms with Crippen LogP contribution in [0.4, 0.5) is 0 Å². The lowest BCUT2D eigenvalue weighted by Crippen LogP contribution is -2.39. The van der Waals surface area contributed by atoms with Crippen molar-refractivity contribution in [3.05, 3.63) is 39.9 Å². The van der Waals surface area contributed by atoms with Crippen molar-refractivity contribution in [1.29, 1.82) is 0 Å². The van der Waals surface area contributed by atoms with Crippen molar-refractivity contribution in [2.45, 2.75) is 32.9 Å². The summed E-state index contributed by atoms with van der Waals surface area (Å²) in [5, 5.41) is 4.51. The highest BCUT2D eigenvalue weighted by Crippen LogP contribution is 2.32. The number of rotatable bonds is 4. The minimum Gasteiger partial charge on any atom is -0.347 e. The molecule has 2 aromatic rings. The lowest BCUT2D eigenvalue weighted by Gasteiger charge is -2.14. The van der Waals surface area contributed by atoms with Gasteiger partial charge in [0.15, 0.2) is 0 Å². The number of carbonyl (C=O) groups excluding carboxylic acids is 1. The SMILES string of the molecule is Cc1nc(-c2ccc(Cl)cc2)sc1C(C)NC(=O)[C@@H](C)N. The average molecular weight is 324 g/mol. The van der Waals surface area contributed by atoms with E-state index in [-0.39, 0.29) is 11.9 Å². The summed E-state index contributed by atoms with van der Waals surface area (Å²) >= 11 is 7.47. The minimum absolute atomic E-state index is 0.109. The number of hydrogen-bond acceptors (Lipinski definition) is 4. The summed E-state index contributed by atoms with van der Waals surface area (Å²) in [6.45, 7) is 5.55. The quantitative estimate of drug-likeness (QED) is 0.907. The number of nitrogens with two attached hydrogens (primary N) is 1. The van der Waals surface area contributed by atoms with Gasteiger partial charge in [-0.05, 0) is 32.9 Å². The minimum atomic E-state index is -0.517. The molecule has 112 valence electrons. The predicted octanol–water partition coefficient (Wildman–Crippen LogP) is 3.30. The summed E-state index contributed by atoms with van der Waals surface area (Å²) in [5.74, 6) is -0.164. The van der Waals surface area contributed by atoms with Crippen LogP contribution in [-0.2, 0) is 4.79 Å². The zero-order valence-electron chi connectivity index (χ0n) is 12.2. The molecule has 0 spiro atoms. The van der Waals surface area contributed by atoms with E-state index in [1.165, 1.54) is 0 Å². The molecule has 3 N–H and O–H groups in total. The molecule has 1 unspecified atom stereocenters. The van der Waals surface area contributed by atoms with E-state index in [1.54, 1.807) is 18.3 Å². The number of aromatic nitrogens is 1. The molecule has 1 aromatic heterocycles. The van der Waals surface area contributed by atoms with Gasteiger partial charge in [-0.1, -0.05) is 23.7 Å². The van der Waals surface area contributed by atoms with E-state index in [2.05, 4.69) is 10.3 Å². The summed E-state index contributed by atoms with van der Waals surface area (Å²) in [7, 11) is 0. The molecular weight excluding hydrogens is 306 g/mol.